The Hall–Kier alpha value is -5.75. The molecule has 0 aliphatic rings. The van der Waals surface area contributed by atoms with Gasteiger partial charge in [0.1, 0.15) is 0 Å². The predicted octanol–water partition coefficient (Wildman–Crippen LogP) is 25.1. The molecule has 97 heavy (non-hydrogen) atoms. The zero-order chi connectivity index (χ0) is 69.4. The van der Waals surface area contributed by atoms with Gasteiger partial charge in [0.2, 0.25) is 0 Å². The molecule has 6 aromatic rings. The van der Waals surface area contributed by atoms with Crippen molar-refractivity contribution in [3.05, 3.63) is 182 Å². The molecule has 0 unspecified atom stereocenters. The third kappa shape index (κ3) is 63.4. The van der Waals surface area contributed by atoms with Gasteiger partial charge in [0.25, 0.3) is 0 Å². The minimum atomic E-state index is -0.903. The summed E-state index contributed by atoms with van der Waals surface area (Å²) in [5.41, 5.74) is 7.66. The molecule has 0 aliphatic carbocycles. The molecule has 0 saturated carbocycles. The standard InChI is InChI=1S/3C18H36O2.3C12H10.Fe/c3*1-2-3-4-5-6-7-8-9-10-11-12-13-14-15-16-17-18(19)20;3*1-3-7-11(8-4-1)12-9-5-2-6-10-12;/h3*2-17H2,1H3,(H,19,20);3*1-10H;/q;;;;;;+3/p-3. The second-order valence-corrected chi connectivity index (χ2v) is 26.4. The number of hydrogen-bond donors (Lipinski definition) is 0. The van der Waals surface area contributed by atoms with E-state index in [1.54, 1.807) is 0 Å². The van der Waals surface area contributed by atoms with E-state index in [1.807, 2.05) is 36.4 Å². The predicted molar refractivity (Wildman–Crippen MR) is 409 cm³/mol. The van der Waals surface area contributed by atoms with E-state index in [1.165, 1.54) is 284 Å². The molecule has 1 radical (unpaired) electrons. The van der Waals surface area contributed by atoms with Crippen LogP contribution in [0, 0.1) is 0 Å². The third-order valence-corrected chi connectivity index (χ3v) is 17.6. The number of carbonyl (C=O) groups excluding carboxylic acids is 3. The topological polar surface area (TPSA) is 120 Å². The maximum absolute atomic E-state index is 10.2. The molecule has 0 amide bonds. The first-order valence-corrected chi connectivity index (χ1v) is 39.1. The fourth-order valence-electron chi connectivity index (χ4n) is 11.7. The van der Waals surface area contributed by atoms with Gasteiger partial charge in [0.15, 0.2) is 0 Å². The Balaban J connectivity index is 0.00000115. The quantitative estimate of drug-likeness (QED) is 0.0277. The number of benzene rings is 6. The molecule has 0 bridgehead atoms. The van der Waals surface area contributed by atoms with E-state index >= 15 is 0 Å². The van der Waals surface area contributed by atoms with Gasteiger partial charge >= 0.3 is 17.1 Å². The van der Waals surface area contributed by atoms with E-state index in [2.05, 4.69) is 166 Å². The summed E-state index contributed by atoms with van der Waals surface area (Å²) in [5, 5.41) is 30.7. The maximum Gasteiger partial charge on any atom is 3.00 e. The Morgan fingerprint density at radius 1 is 0.186 bits per heavy atom. The molecule has 0 atom stereocenters. The molecular weight excluding hydrogens is 1230 g/mol. The van der Waals surface area contributed by atoms with Crippen LogP contribution in [-0.2, 0) is 31.5 Å². The number of hydrogen-bond acceptors (Lipinski definition) is 6. The first-order chi connectivity index (χ1) is 47.2. The number of carboxylic acids is 3. The van der Waals surface area contributed by atoms with E-state index in [0.29, 0.717) is 0 Å². The van der Waals surface area contributed by atoms with Gasteiger partial charge in [-0.25, -0.2) is 0 Å². The van der Waals surface area contributed by atoms with Gasteiger partial charge in [-0.1, -0.05) is 472 Å². The normalized spacial score (nSPS) is 10.3. The zero-order valence-electron chi connectivity index (χ0n) is 61.6. The summed E-state index contributed by atoms with van der Waals surface area (Å²) in [7, 11) is 0. The number of unbranched alkanes of at least 4 members (excludes halogenated alkanes) is 42. The Morgan fingerprint density at radius 3 is 0.392 bits per heavy atom. The van der Waals surface area contributed by atoms with Gasteiger partial charge in [-0.2, -0.15) is 0 Å². The van der Waals surface area contributed by atoms with Crippen LogP contribution in [0.5, 0.6) is 0 Å². The van der Waals surface area contributed by atoms with Crippen molar-refractivity contribution in [2.45, 2.75) is 329 Å². The molecule has 539 valence electrons. The van der Waals surface area contributed by atoms with Crippen LogP contribution in [-0.4, -0.2) is 17.9 Å². The number of carboxylic acid groups (broad SMARTS) is 3. The van der Waals surface area contributed by atoms with Gasteiger partial charge in [0, 0.05) is 17.9 Å². The molecule has 0 fully saturated rings. The van der Waals surface area contributed by atoms with Crippen molar-refractivity contribution in [3.8, 4) is 33.4 Å². The minimum absolute atomic E-state index is 0. The van der Waals surface area contributed by atoms with E-state index in [9.17, 15) is 29.7 Å². The molecule has 0 aromatic heterocycles. The average molecular weight is 1370 g/mol. The van der Waals surface area contributed by atoms with Crippen molar-refractivity contribution in [1.29, 1.82) is 0 Å². The molecule has 0 spiro atoms. The first-order valence-electron chi connectivity index (χ1n) is 39.1. The Kier molecular flexibility index (Phi) is 68.7. The summed E-state index contributed by atoms with van der Waals surface area (Å²) in [6.45, 7) is 6.80. The maximum atomic E-state index is 10.2. The van der Waals surface area contributed by atoms with Crippen molar-refractivity contribution in [1.82, 2.24) is 0 Å². The van der Waals surface area contributed by atoms with Crippen LogP contribution >= 0.6 is 0 Å². The molecule has 6 nitrogen and oxygen atoms in total. The summed E-state index contributed by atoms with van der Waals surface area (Å²) in [6.07, 6.45) is 59.6. The van der Waals surface area contributed by atoms with E-state index < -0.39 is 17.9 Å². The molecule has 6 aromatic carbocycles. The van der Waals surface area contributed by atoms with Crippen LogP contribution in [0.2, 0.25) is 0 Å². The first kappa shape index (κ1) is 91.2. The van der Waals surface area contributed by atoms with Gasteiger partial charge in [-0.05, 0) is 71.9 Å². The summed E-state index contributed by atoms with van der Waals surface area (Å²) < 4.78 is 0. The average Bonchev–Trinajstić information content (AvgIpc) is 1.65. The molecule has 0 aliphatic heterocycles. The largest absolute Gasteiger partial charge is 3.00 e. The van der Waals surface area contributed by atoms with E-state index in [-0.39, 0.29) is 36.3 Å². The van der Waals surface area contributed by atoms with Crippen molar-refractivity contribution in [3.63, 3.8) is 0 Å². The van der Waals surface area contributed by atoms with Crippen LogP contribution in [0.1, 0.15) is 329 Å². The van der Waals surface area contributed by atoms with Crippen LogP contribution in [0.15, 0.2) is 182 Å². The molecule has 7 heteroatoms. The third-order valence-electron chi connectivity index (χ3n) is 17.6. The van der Waals surface area contributed by atoms with E-state index in [0.717, 1.165) is 38.5 Å². The fraction of sp³-hybridized carbons (Fsp3) is 0.567. The summed E-state index contributed by atoms with van der Waals surface area (Å²) in [5.74, 6) is -2.71. The number of carbonyl (C=O) groups is 3. The smallest absolute Gasteiger partial charge is 0.550 e. The summed E-state index contributed by atoms with van der Waals surface area (Å²) in [6, 6.07) is 62.3. The summed E-state index contributed by atoms with van der Waals surface area (Å²) in [4.78, 5) is 30.7. The fourth-order valence-corrected chi connectivity index (χ4v) is 11.7. The van der Waals surface area contributed by atoms with Gasteiger partial charge in [-0.15, -0.1) is 0 Å². The van der Waals surface area contributed by atoms with Crippen LogP contribution < -0.4 is 15.3 Å². The zero-order valence-corrected chi connectivity index (χ0v) is 62.7. The second-order valence-electron chi connectivity index (χ2n) is 26.4. The minimum Gasteiger partial charge on any atom is -0.550 e. The van der Waals surface area contributed by atoms with Crippen molar-refractivity contribution in [2.75, 3.05) is 0 Å². The Morgan fingerprint density at radius 2 is 0.289 bits per heavy atom. The monoisotopic (exact) mass is 1370 g/mol. The molecule has 6 rings (SSSR count). The summed E-state index contributed by atoms with van der Waals surface area (Å²) >= 11 is 0. The Labute approximate surface area is 605 Å². The van der Waals surface area contributed by atoms with Crippen molar-refractivity contribution < 1.29 is 46.8 Å². The van der Waals surface area contributed by atoms with Crippen molar-refractivity contribution in [2.24, 2.45) is 0 Å². The SMILES string of the molecule is CCCCCCCCCCCCCCCCCC(=O)[O-].CCCCCCCCCCCCCCCCCC(=O)[O-].CCCCCCCCCCCCCCCCCC(=O)[O-].[Fe+3].c1ccc(-c2ccccc2)cc1.c1ccc(-c2ccccc2)cc1.c1ccc(-c2ccccc2)cc1. The second kappa shape index (κ2) is 73.0. The van der Waals surface area contributed by atoms with E-state index in [4.69, 9.17) is 0 Å². The molecule has 0 N–H and O–H groups in total. The number of rotatable bonds is 51. The van der Waals surface area contributed by atoms with Gasteiger partial charge < -0.3 is 29.7 Å². The van der Waals surface area contributed by atoms with Gasteiger partial charge in [0.05, 0.1) is 0 Å². The molecule has 0 heterocycles. The molecule has 0 saturated heterocycles. The van der Waals surface area contributed by atoms with Crippen LogP contribution in [0.25, 0.3) is 33.4 Å². The molecular formula is C90H135FeO6. The Bertz CT molecular complexity index is 2130. The van der Waals surface area contributed by atoms with Crippen LogP contribution in [0.3, 0.4) is 0 Å². The van der Waals surface area contributed by atoms with Gasteiger partial charge in [-0.3, -0.25) is 0 Å². The van der Waals surface area contributed by atoms with Crippen molar-refractivity contribution >= 4 is 17.9 Å². The van der Waals surface area contributed by atoms with Crippen LogP contribution in [0.4, 0.5) is 0 Å². The number of aliphatic carboxylic acids is 3.